The Morgan fingerprint density at radius 2 is 2.25 bits per heavy atom. The number of nitrogens with zero attached hydrogens (tertiary/aromatic N) is 1. The van der Waals surface area contributed by atoms with Crippen LogP contribution in [-0.2, 0) is 11.2 Å². The molecular weight excluding hydrogens is 204 g/mol. The van der Waals surface area contributed by atoms with E-state index in [9.17, 15) is 4.79 Å². The fraction of sp³-hybridized carbons (Fsp3) is 0.250. The molecule has 1 aliphatic heterocycles. The molecule has 16 heavy (non-hydrogen) atoms. The number of hydrogen-bond donors (Lipinski definition) is 2. The topological polar surface area (TPSA) is 52.6 Å². The van der Waals surface area contributed by atoms with Gasteiger partial charge in [-0.25, -0.2) is 5.43 Å². The number of carbonyl (C=O) groups is 1. The average Bonchev–Trinajstić information content (AvgIpc) is 2.29. The Hall–Kier alpha value is -1.81. The Bertz CT molecular complexity index is 429. The highest BCUT2D eigenvalue weighted by molar-refractivity contribution is 5.73. The number of rotatable bonds is 3. The highest BCUT2D eigenvalue weighted by Crippen LogP contribution is 2.23. The third kappa shape index (κ3) is 2.06. The zero-order valence-electron chi connectivity index (χ0n) is 9.05. The van der Waals surface area contributed by atoms with Crippen LogP contribution in [-0.4, -0.2) is 17.1 Å². The molecule has 2 rings (SSSR count). The van der Waals surface area contributed by atoms with Crippen LogP contribution in [0, 0.1) is 0 Å². The van der Waals surface area contributed by atoms with Crippen molar-refractivity contribution in [3.05, 3.63) is 42.1 Å². The predicted molar refractivity (Wildman–Crippen MR) is 62.0 cm³/mol. The summed E-state index contributed by atoms with van der Waals surface area (Å²) in [6, 6.07) is 7.32. The molecule has 0 aromatic heterocycles. The lowest BCUT2D eigenvalue weighted by molar-refractivity contribution is -0.139. The van der Waals surface area contributed by atoms with Gasteiger partial charge < -0.3 is 5.11 Å². The van der Waals surface area contributed by atoms with Crippen molar-refractivity contribution in [2.24, 2.45) is 0 Å². The van der Waals surface area contributed by atoms with E-state index in [0.29, 0.717) is 0 Å². The molecule has 0 aliphatic carbocycles. The van der Waals surface area contributed by atoms with Crippen molar-refractivity contribution in [2.45, 2.75) is 19.4 Å². The molecule has 0 saturated heterocycles. The number of benzene rings is 1. The second-order valence-corrected chi connectivity index (χ2v) is 3.78. The first kappa shape index (κ1) is 10.7. The molecule has 0 radical (unpaired) electrons. The largest absolute Gasteiger partial charge is 0.480 e. The van der Waals surface area contributed by atoms with E-state index in [1.807, 2.05) is 36.5 Å². The van der Waals surface area contributed by atoms with Crippen LogP contribution in [0.1, 0.15) is 12.5 Å². The van der Waals surface area contributed by atoms with Crippen molar-refractivity contribution in [3.63, 3.8) is 0 Å². The van der Waals surface area contributed by atoms with Gasteiger partial charge in [0.15, 0.2) is 0 Å². The molecule has 0 unspecified atom stereocenters. The Labute approximate surface area is 94.2 Å². The molecule has 1 heterocycles. The lowest BCUT2D eigenvalue weighted by Gasteiger charge is -2.28. The van der Waals surface area contributed by atoms with Gasteiger partial charge in [-0.05, 0) is 25.0 Å². The van der Waals surface area contributed by atoms with Crippen molar-refractivity contribution in [2.75, 3.05) is 5.01 Å². The summed E-state index contributed by atoms with van der Waals surface area (Å²) < 4.78 is 0. The molecule has 1 aromatic rings. The molecule has 0 fully saturated rings. The number of para-hydroxylation sites is 1. The molecule has 0 amide bonds. The Morgan fingerprint density at radius 1 is 1.50 bits per heavy atom. The van der Waals surface area contributed by atoms with Gasteiger partial charge in [-0.1, -0.05) is 24.3 Å². The molecule has 1 aliphatic rings. The molecule has 1 aromatic carbocycles. The second kappa shape index (κ2) is 4.37. The minimum atomic E-state index is -0.864. The van der Waals surface area contributed by atoms with Crippen LogP contribution in [0.5, 0.6) is 0 Å². The highest BCUT2D eigenvalue weighted by Gasteiger charge is 2.17. The van der Waals surface area contributed by atoms with Gasteiger partial charge in [-0.15, -0.1) is 0 Å². The Kier molecular flexibility index (Phi) is 2.92. The summed E-state index contributed by atoms with van der Waals surface area (Å²) in [5.41, 5.74) is 5.12. The molecule has 0 saturated carbocycles. The SMILES string of the molecule is C[C@H](NN1C=CCc2ccccc21)C(=O)O. The molecule has 4 nitrogen and oxygen atoms in total. The number of nitrogens with one attached hydrogen (secondary N) is 1. The van der Waals surface area contributed by atoms with E-state index in [1.165, 1.54) is 5.56 Å². The monoisotopic (exact) mass is 218 g/mol. The predicted octanol–water partition coefficient (Wildman–Crippen LogP) is 1.54. The molecule has 84 valence electrons. The van der Waals surface area contributed by atoms with Crippen molar-refractivity contribution in [1.82, 2.24) is 5.43 Å². The fourth-order valence-electron chi connectivity index (χ4n) is 1.66. The van der Waals surface area contributed by atoms with E-state index in [2.05, 4.69) is 5.43 Å². The van der Waals surface area contributed by atoms with Crippen molar-refractivity contribution in [1.29, 1.82) is 0 Å². The number of carboxylic acids is 1. The zero-order valence-corrected chi connectivity index (χ0v) is 9.05. The Balaban J connectivity index is 2.19. The normalized spacial score (nSPS) is 15.7. The van der Waals surface area contributed by atoms with E-state index in [4.69, 9.17) is 5.11 Å². The van der Waals surface area contributed by atoms with Gasteiger partial charge in [0.05, 0.1) is 5.69 Å². The third-order valence-electron chi connectivity index (χ3n) is 2.55. The maximum atomic E-state index is 10.8. The lowest BCUT2D eigenvalue weighted by atomic mass is 10.1. The van der Waals surface area contributed by atoms with Gasteiger partial charge in [0.2, 0.25) is 0 Å². The molecule has 2 N–H and O–H groups in total. The quantitative estimate of drug-likeness (QED) is 0.808. The summed E-state index contributed by atoms with van der Waals surface area (Å²) in [5.74, 6) is -0.864. The van der Waals surface area contributed by atoms with Gasteiger partial charge in [-0.2, -0.15) is 0 Å². The molecule has 0 spiro atoms. The fourth-order valence-corrected chi connectivity index (χ4v) is 1.66. The summed E-state index contributed by atoms with van der Waals surface area (Å²) in [6.07, 6.45) is 4.75. The van der Waals surface area contributed by atoms with E-state index in [0.717, 1.165) is 12.1 Å². The number of aliphatic carboxylic acids is 1. The van der Waals surface area contributed by atoms with Crippen molar-refractivity contribution in [3.8, 4) is 0 Å². The summed E-state index contributed by atoms with van der Waals surface area (Å²) in [5, 5.41) is 10.6. The van der Waals surface area contributed by atoms with Crippen LogP contribution >= 0.6 is 0 Å². The maximum absolute atomic E-state index is 10.8. The van der Waals surface area contributed by atoms with Crippen LogP contribution in [0.4, 0.5) is 5.69 Å². The van der Waals surface area contributed by atoms with Crippen LogP contribution in [0.2, 0.25) is 0 Å². The van der Waals surface area contributed by atoms with Gasteiger partial charge in [0, 0.05) is 6.20 Å². The van der Waals surface area contributed by atoms with Crippen LogP contribution in [0.15, 0.2) is 36.5 Å². The standard InChI is InChI=1S/C12H14N2O2/c1-9(12(15)16)13-14-8-4-6-10-5-2-3-7-11(10)14/h2-5,7-9,13H,6H2,1H3,(H,15,16)/t9-/m0/s1. The number of anilines is 1. The van der Waals surface area contributed by atoms with E-state index in [1.54, 1.807) is 11.9 Å². The van der Waals surface area contributed by atoms with Crippen molar-refractivity contribution >= 4 is 11.7 Å². The minimum absolute atomic E-state index is 0.615. The minimum Gasteiger partial charge on any atom is -0.480 e. The number of hydrogen-bond acceptors (Lipinski definition) is 3. The maximum Gasteiger partial charge on any atom is 0.322 e. The van der Waals surface area contributed by atoms with Gasteiger partial charge in [0.25, 0.3) is 0 Å². The van der Waals surface area contributed by atoms with Gasteiger partial charge in [0.1, 0.15) is 6.04 Å². The van der Waals surface area contributed by atoms with Gasteiger partial charge in [-0.3, -0.25) is 9.80 Å². The highest BCUT2D eigenvalue weighted by atomic mass is 16.4. The lowest BCUT2D eigenvalue weighted by Crippen LogP contribution is -2.45. The van der Waals surface area contributed by atoms with Crippen LogP contribution < -0.4 is 10.4 Å². The number of fused-ring (bicyclic) bond motifs is 1. The average molecular weight is 218 g/mol. The summed E-state index contributed by atoms with van der Waals surface area (Å²) in [6.45, 7) is 1.62. The molecular formula is C12H14N2O2. The first-order valence-corrected chi connectivity index (χ1v) is 5.21. The smallest absolute Gasteiger partial charge is 0.322 e. The molecule has 0 bridgehead atoms. The van der Waals surface area contributed by atoms with E-state index >= 15 is 0 Å². The summed E-state index contributed by atoms with van der Waals surface area (Å²) >= 11 is 0. The third-order valence-corrected chi connectivity index (χ3v) is 2.55. The van der Waals surface area contributed by atoms with Gasteiger partial charge >= 0.3 is 5.97 Å². The molecule has 4 heteroatoms. The van der Waals surface area contributed by atoms with E-state index in [-0.39, 0.29) is 0 Å². The van der Waals surface area contributed by atoms with Crippen LogP contribution in [0.3, 0.4) is 0 Å². The first-order chi connectivity index (χ1) is 7.68. The summed E-state index contributed by atoms with van der Waals surface area (Å²) in [4.78, 5) is 10.8. The van der Waals surface area contributed by atoms with E-state index < -0.39 is 12.0 Å². The number of hydrazine groups is 1. The molecule has 1 atom stereocenters. The summed E-state index contributed by atoms with van der Waals surface area (Å²) in [7, 11) is 0. The second-order valence-electron chi connectivity index (χ2n) is 3.78. The number of allylic oxidation sites excluding steroid dienone is 1. The Morgan fingerprint density at radius 3 is 3.00 bits per heavy atom. The zero-order chi connectivity index (χ0) is 11.5. The van der Waals surface area contributed by atoms with Crippen molar-refractivity contribution < 1.29 is 9.90 Å². The first-order valence-electron chi connectivity index (χ1n) is 5.21. The number of carboxylic acid groups (broad SMARTS) is 1. The van der Waals surface area contributed by atoms with Crippen LogP contribution in [0.25, 0.3) is 0 Å².